The van der Waals surface area contributed by atoms with Crippen molar-refractivity contribution in [2.24, 2.45) is 5.84 Å². The van der Waals surface area contributed by atoms with Crippen molar-refractivity contribution in [3.63, 3.8) is 0 Å². The predicted molar refractivity (Wildman–Crippen MR) is 69.4 cm³/mol. The second kappa shape index (κ2) is 5.75. The molecule has 1 aliphatic rings. The number of nitrogens with zero attached hydrogens (tertiary/aromatic N) is 1. The van der Waals surface area contributed by atoms with Crippen LogP contribution in [0.15, 0.2) is 18.2 Å². The second-order valence-corrected chi connectivity index (χ2v) is 4.59. The van der Waals surface area contributed by atoms with Crippen LogP contribution in [-0.2, 0) is 11.2 Å². The van der Waals surface area contributed by atoms with E-state index in [-0.39, 0.29) is 0 Å². The fourth-order valence-corrected chi connectivity index (χ4v) is 2.30. The number of rotatable bonds is 6. The van der Waals surface area contributed by atoms with Gasteiger partial charge < -0.3 is 4.79 Å². The van der Waals surface area contributed by atoms with Crippen LogP contribution in [-0.4, -0.2) is 23.1 Å². The Labute approximate surface area is 111 Å². The molecule has 0 unspecified atom stereocenters. The van der Waals surface area contributed by atoms with Crippen LogP contribution >= 0.6 is 0 Å². The largest absolute Gasteiger partial charge is 0.303 e. The van der Waals surface area contributed by atoms with Crippen LogP contribution in [0.25, 0.3) is 0 Å². The predicted octanol–water partition coefficient (Wildman–Crippen LogP) is 1.46. The van der Waals surface area contributed by atoms with Crippen molar-refractivity contribution in [2.45, 2.75) is 32.1 Å². The third-order valence-corrected chi connectivity index (χ3v) is 3.30. The van der Waals surface area contributed by atoms with Gasteiger partial charge in [-0.2, -0.15) is 0 Å². The highest BCUT2D eigenvalue weighted by molar-refractivity contribution is 6.21. The highest BCUT2D eigenvalue weighted by Crippen LogP contribution is 2.25. The number of hydrogen-bond acceptors (Lipinski definition) is 4. The number of fused-ring (bicyclic) bond motifs is 1. The lowest BCUT2D eigenvalue weighted by molar-refractivity contribution is -0.107. The number of carbonyl (C=O) groups excluding carboxylic acids is 3. The van der Waals surface area contributed by atoms with Gasteiger partial charge in [-0.1, -0.05) is 18.6 Å². The number of benzene rings is 1. The first kappa shape index (κ1) is 13.4. The summed E-state index contributed by atoms with van der Waals surface area (Å²) in [6, 6.07) is 5.24. The number of aldehydes is 1. The molecule has 5 heteroatoms. The molecule has 2 rings (SSSR count). The highest BCUT2D eigenvalue weighted by Gasteiger charge is 2.35. The molecule has 0 spiro atoms. The molecule has 0 aliphatic carbocycles. The smallest absolute Gasteiger partial charge is 0.276 e. The van der Waals surface area contributed by atoms with Crippen LogP contribution in [0.2, 0.25) is 0 Å². The molecule has 2 amide bonds. The molecular weight excluding hydrogens is 244 g/mol. The summed E-state index contributed by atoms with van der Waals surface area (Å²) < 4.78 is 0. The zero-order valence-electron chi connectivity index (χ0n) is 10.6. The minimum atomic E-state index is -0.442. The molecule has 5 nitrogen and oxygen atoms in total. The number of unbranched alkanes of at least 4 members (excludes halogenated alkanes) is 3. The summed E-state index contributed by atoms with van der Waals surface area (Å²) >= 11 is 0. The number of nitrogens with two attached hydrogens (primary N) is 1. The average molecular weight is 260 g/mol. The Morgan fingerprint density at radius 2 is 1.89 bits per heavy atom. The van der Waals surface area contributed by atoms with Crippen LogP contribution in [0.4, 0.5) is 0 Å². The van der Waals surface area contributed by atoms with Gasteiger partial charge in [0, 0.05) is 6.42 Å². The van der Waals surface area contributed by atoms with Crippen LogP contribution in [0.5, 0.6) is 0 Å². The minimum absolute atomic E-state index is 0.387. The first-order chi connectivity index (χ1) is 9.16. The molecule has 2 N–H and O–H groups in total. The molecule has 0 radical (unpaired) electrons. The van der Waals surface area contributed by atoms with Gasteiger partial charge in [0.1, 0.15) is 6.29 Å². The molecule has 0 bridgehead atoms. The first-order valence-corrected chi connectivity index (χ1v) is 6.36. The van der Waals surface area contributed by atoms with E-state index in [4.69, 9.17) is 5.84 Å². The number of carbonyl (C=O) groups is 3. The molecule has 1 aromatic carbocycles. The van der Waals surface area contributed by atoms with E-state index >= 15 is 0 Å². The summed E-state index contributed by atoms with van der Waals surface area (Å²) in [6.45, 7) is 0. The second-order valence-electron chi connectivity index (χ2n) is 4.59. The standard InChI is InChI=1S/C14H16N2O3/c15-16-13(18)11-8-5-7-10(12(11)14(16)19)6-3-1-2-4-9-17/h5,7-9H,1-4,6,15H2. The maximum Gasteiger partial charge on any atom is 0.276 e. The van der Waals surface area contributed by atoms with Crippen molar-refractivity contribution < 1.29 is 14.4 Å². The summed E-state index contributed by atoms with van der Waals surface area (Å²) in [5.74, 6) is 4.56. The van der Waals surface area contributed by atoms with E-state index in [9.17, 15) is 14.4 Å². The topological polar surface area (TPSA) is 80.5 Å². The summed E-state index contributed by atoms with van der Waals surface area (Å²) in [5.41, 5.74) is 1.68. The zero-order chi connectivity index (χ0) is 13.8. The Hall–Kier alpha value is -2.01. The Morgan fingerprint density at radius 3 is 2.63 bits per heavy atom. The van der Waals surface area contributed by atoms with Crippen LogP contribution < -0.4 is 5.84 Å². The van der Waals surface area contributed by atoms with Gasteiger partial charge in [-0.3, -0.25) is 9.59 Å². The Balaban J connectivity index is 2.10. The average Bonchev–Trinajstić information content (AvgIpc) is 2.64. The Kier molecular flexibility index (Phi) is 4.06. The van der Waals surface area contributed by atoms with Crippen molar-refractivity contribution in [1.82, 2.24) is 5.01 Å². The molecule has 0 fully saturated rings. The number of hydrogen-bond donors (Lipinski definition) is 1. The molecule has 100 valence electrons. The lowest BCUT2D eigenvalue weighted by Gasteiger charge is -2.06. The fourth-order valence-electron chi connectivity index (χ4n) is 2.30. The van der Waals surface area contributed by atoms with Gasteiger partial charge in [-0.05, 0) is 30.9 Å². The van der Waals surface area contributed by atoms with Gasteiger partial charge in [0.05, 0.1) is 11.1 Å². The van der Waals surface area contributed by atoms with E-state index in [1.165, 1.54) is 0 Å². The maximum absolute atomic E-state index is 11.9. The van der Waals surface area contributed by atoms with E-state index in [0.29, 0.717) is 22.6 Å². The number of imide groups is 1. The SMILES string of the molecule is NN1C(=O)c2cccc(CCCCCC=O)c2C1=O. The third-order valence-electron chi connectivity index (χ3n) is 3.30. The molecule has 1 aromatic rings. The molecule has 0 aromatic heterocycles. The molecule has 0 saturated heterocycles. The van der Waals surface area contributed by atoms with Crippen molar-refractivity contribution in [3.05, 3.63) is 34.9 Å². The van der Waals surface area contributed by atoms with E-state index < -0.39 is 11.8 Å². The van der Waals surface area contributed by atoms with Gasteiger partial charge in [0.2, 0.25) is 0 Å². The van der Waals surface area contributed by atoms with Crippen LogP contribution in [0, 0.1) is 0 Å². The molecule has 0 atom stereocenters. The van der Waals surface area contributed by atoms with Crippen molar-refractivity contribution in [3.8, 4) is 0 Å². The van der Waals surface area contributed by atoms with E-state index in [0.717, 1.165) is 37.5 Å². The van der Waals surface area contributed by atoms with Gasteiger partial charge in [0.25, 0.3) is 11.8 Å². The van der Waals surface area contributed by atoms with E-state index in [1.807, 2.05) is 6.07 Å². The number of amides is 2. The van der Waals surface area contributed by atoms with Gasteiger partial charge in [-0.25, -0.2) is 10.9 Å². The summed E-state index contributed by atoms with van der Waals surface area (Å²) in [7, 11) is 0. The lowest BCUT2D eigenvalue weighted by Crippen LogP contribution is -2.36. The molecular formula is C14H16N2O3. The fraction of sp³-hybridized carbons (Fsp3) is 0.357. The zero-order valence-corrected chi connectivity index (χ0v) is 10.6. The Bertz CT molecular complexity index is 525. The molecule has 1 heterocycles. The van der Waals surface area contributed by atoms with Crippen molar-refractivity contribution >= 4 is 18.1 Å². The van der Waals surface area contributed by atoms with Crippen molar-refractivity contribution in [1.29, 1.82) is 0 Å². The highest BCUT2D eigenvalue weighted by atomic mass is 16.2. The number of aryl methyl sites for hydroxylation is 1. The van der Waals surface area contributed by atoms with Gasteiger partial charge in [-0.15, -0.1) is 0 Å². The van der Waals surface area contributed by atoms with Crippen molar-refractivity contribution in [2.75, 3.05) is 0 Å². The molecule has 1 aliphatic heterocycles. The number of hydrazine groups is 1. The summed E-state index contributed by atoms with van der Waals surface area (Å²) in [6.07, 6.45) is 4.87. The molecule has 0 saturated carbocycles. The quantitative estimate of drug-likeness (QED) is 0.276. The lowest BCUT2D eigenvalue weighted by atomic mass is 9.98. The van der Waals surface area contributed by atoms with Crippen LogP contribution in [0.1, 0.15) is 52.0 Å². The third kappa shape index (κ3) is 2.56. The van der Waals surface area contributed by atoms with E-state index in [1.54, 1.807) is 12.1 Å². The van der Waals surface area contributed by atoms with E-state index in [2.05, 4.69) is 0 Å². The Morgan fingerprint density at radius 1 is 1.11 bits per heavy atom. The minimum Gasteiger partial charge on any atom is -0.303 e. The monoisotopic (exact) mass is 260 g/mol. The molecule has 19 heavy (non-hydrogen) atoms. The van der Waals surface area contributed by atoms with Crippen LogP contribution in [0.3, 0.4) is 0 Å². The normalized spacial score (nSPS) is 13.8. The van der Waals surface area contributed by atoms with Gasteiger partial charge >= 0.3 is 0 Å². The van der Waals surface area contributed by atoms with Gasteiger partial charge in [0.15, 0.2) is 0 Å². The maximum atomic E-state index is 11.9. The first-order valence-electron chi connectivity index (χ1n) is 6.36. The summed E-state index contributed by atoms with van der Waals surface area (Å²) in [5, 5.41) is 0.667. The summed E-state index contributed by atoms with van der Waals surface area (Å²) in [4.78, 5) is 33.8.